The molecule has 0 aliphatic carbocycles. The fourth-order valence-electron chi connectivity index (χ4n) is 3.31. The van der Waals surface area contributed by atoms with Crippen LogP contribution in [0.25, 0.3) is 11.4 Å². The molecule has 0 spiro atoms. The molecule has 0 radical (unpaired) electrons. The first kappa shape index (κ1) is 16.4. The molecule has 8 heteroatoms. The number of carbonyl (C=O) groups is 1. The molecule has 0 bridgehead atoms. The SMILES string of the molecule is CCn1ccc(C(=O)N2CCCCC2c2nc(-c3cccnc3)n[nH]2)n1. The average molecular weight is 351 g/mol. The van der Waals surface area contributed by atoms with Crippen molar-refractivity contribution in [3.05, 3.63) is 48.3 Å². The molecule has 4 rings (SSSR count). The summed E-state index contributed by atoms with van der Waals surface area (Å²) < 4.78 is 1.77. The molecule has 8 nitrogen and oxygen atoms in total. The summed E-state index contributed by atoms with van der Waals surface area (Å²) in [6.45, 7) is 3.44. The largest absolute Gasteiger partial charge is 0.327 e. The van der Waals surface area contributed by atoms with Crippen LogP contribution in [0, 0.1) is 0 Å². The summed E-state index contributed by atoms with van der Waals surface area (Å²) in [5, 5.41) is 11.7. The summed E-state index contributed by atoms with van der Waals surface area (Å²) in [4.78, 5) is 23.6. The number of hydrogen-bond donors (Lipinski definition) is 1. The Balaban J connectivity index is 1.60. The van der Waals surface area contributed by atoms with E-state index in [1.807, 2.05) is 30.2 Å². The molecule has 1 saturated heterocycles. The predicted molar refractivity (Wildman–Crippen MR) is 95.1 cm³/mol. The third-order valence-corrected chi connectivity index (χ3v) is 4.69. The highest BCUT2D eigenvalue weighted by molar-refractivity contribution is 5.92. The molecule has 26 heavy (non-hydrogen) atoms. The number of likely N-dealkylation sites (tertiary alicyclic amines) is 1. The van der Waals surface area contributed by atoms with Crippen LogP contribution in [0.15, 0.2) is 36.8 Å². The number of carbonyl (C=O) groups excluding carboxylic acids is 1. The Morgan fingerprint density at radius 2 is 2.27 bits per heavy atom. The van der Waals surface area contributed by atoms with Crippen molar-refractivity contribution >= 4 is 5.91 Å². The summed E-state index contributed by atoms with van der Waals surface area (Å²) in [5.74, 6) is 1.26. The smallest absolute Gasteiger partial charge is 0.274 e. The van der Waals surface area contributed by atoms with Crippen LogP contribution in [-0.2, 0) is 6.54 Å². The number of piperidine rings is 1. The van der Waals surface area contributed by atoms with Gasteiger partial charge >= 0.3 is 0 Å². The maximum absolute atomic E-state index is 13.0. The zero-order valence-electron chi connectivity index (χ0n) is 14.7. The van der Waals surface area contributed by atoms with Crippen molar-refractivity contribution in [2.75, 3.05) is 6.54 Å². The molecule has 3 aromatic heterocycles. The van der Waals surface area contributed by atoms with E-state index in [0.29, 0.717) is 23.9 Å². The van der Waals surface area contributed by atoms with E-state index in [-0.39, 0.29) is 11.9 Å². The van der Waals surface area contributed by atoms with Crippen LogP contribution in [0.2, 0.25) is 0 Å². The third kappa shape index (κ3) is 3.10. The molecule has 1 atom stereocenters. The summed E-state index contributed by atoms with van der Waals surface area (Å²) in [5.41, 5.74) is 1.33. The minimum Gasteiger partial charge on any atom is -0.327 e. The third-order valence-electron chi connectivity index (χ3n) is 4.69. The lowest BCUT2D eigenvalue weighted by Gasteiger charge is -2.33. The van der Waals surface area contributed by atoms with Gasteiger partial charge in [0.2, 0.25) is 0 Å². The number of H-pyrrole nitrogens is 1. The minimum atomic E-state index is -0.110. The van der Waals surface area contributed by atoms with Crippen molar-refractivity contribution < 1.29 is 4.79 Å². The van der Waals surface area contributed by atoms with E-state index in [9.17, 15) is 4.79 Å². The second-order valence-electron chi connectivity index (χ2n) is 6.35. The molecular weight excluding hydrogens is 330 g/mol. The Morgan fingerprint density at radius 3 is 3.04 bits per heavy atom. The highest BCUT2D eigenvalue weighted by Crippen LogP contribution is 2.30. The van der Waals surface area contributed by atoms with Gasteiger partial charge in [0.1, 0.15) is 11.5 Å². The van der Waals surface area contributed by atoms with E-state index in [0.717, 1.165) is 31.4 Å². The average Bonchev–Trinajstić information content (AvgIpc) is 3.38. The number of aromatic amines is 1. The van der Waals surface area contributed by atoms with Crippen molar-refractivity contribution in [2.45, 2.75) is 38.8 Å². The summed E-state index contributed by atoms with van der Waals surface area (Å²) in [6, 6.07) is 5.44. The zero-order chi connectivity index (χ0) is 17.9. The first-order valence-electron chi connectivity index (χ1n) is 8.93. The van der Waals surface area contributed by atoms with Gasteiger partial charge in [-0.3, -0.25) is 19.6 Å². The van der Waals surface area contributed by atoms with E-state index < -0.39 is 0 Å². The van der Waals surface area contributed by atoms with Crippen molar-refractivity contribution in [3.63, 3.8) is 0 Å². The lowest BCUT2D eigenvalue weighted by atomic mass is 10.0. The molecule has 1 fully saturated rings. The lowest BCUT2D eigenvalue weighted by Crippen LogP contribution is -2.39. The first-order chi connectivity index (χ1) is 12.8. The molecule has 3 aromatic rings. The van der Waals surface area contributed by atoms with Crippen LogP contribution >= 0.6 is 0 Å². The molecule has 0 saturated carbocycles. The van der Waals surface area contributed by atoms with Gasteiger partial charge < -0.3 is 4.90 Å². The quantitative estimate of drug-likeness (QED) is 0.779. The Labute approximate surface area is 151 Å². The van der Waals surface area contributed by atoms with Gasteiger partial charge in [-0.25, -0.2) is 4.98 Å². The molecule has 1 N–H and O–H groups in total. The van der Waals surface area contributed by atoms with E-state index in [1.165, 1.54) is 0 Å². The van der Waals surface area contributed by atoms with Gasteiger partial charge in [-0.1, -0.05) is 0 Å². The van der Waals surface area contributed by atoms with Crippen molar-refractivity contribution in [1.82, 2.24) is 34.8 Å². The summed E-state index contributed by atoms with van der Waals surface area (Å²) in [6.07, 6.45) is 8.19. The number of nitrogens with zero attached hydrogens (tertiary/aromatic N) is 6. The van der Waals surface area contributed by atoms with Crippen LogP contribution in [-0.4, -0.2) is 47.3 Å². The molecule has 1 unspecified atom stereocenters. The lowest BCUT2D eigenvalue weighted by molar-refractivity contribution is 0.0593. The van der Waals surface area contributed by atoms with Gasteiger partial charge in [-0.05, 0) is 44.4 Å². The summed E-state index contributed by atoms with van der Waals surface area (Å²) in [7, 11) is 0. The maximum atomic E-state index is 13.0. The van der Waals surface area contributed by atoms with Gasteiger partial charge in [-0.15, -0.1) is 0 Å². The topological polar surface area (TPSA) is 92.6 Å². The summed E-state index contributed by atoms with van der Waals surface area (Å²) >= 11 is 0. The van der Waals surface area contributed by atoms with E-state index in [1.54, 1.807) is 23.1 Å². The molecule has 0 aromatic carbocycles. The minimum absolute atomic E-state index is 0.0544. The van der Waals surface area contributed by atoms with Gasteiger partial charge in [0.25, 0.3) is 5.91 Å². The van der Waals surface area contributed by atoms with E-state index in [4.69, 9.17) is 0 Å². The molecule has 134 valence electrons. The highest BCUT2D eigenvalue weighted by Gasteiger charge is 2.32. The molecular formula is C18H21N7O. The molecule has 4 heterocycles. The molecule has 1 aliphatic rings. The van der Waals surface area contributed by atoms with Gasteiger partial charge in [0.05, 0.1) is 6.04 Å². The van der Waals surface area contributed by atoms with Crippen LogP contribution in [0.1, 0.15) is 48.5 Å². The zero-order valence-corrected chi connectivity index (χ0v) is 14.7. The Morgan fingerprint density at radius 1 is 1.35 bits per heavy atom. The van der Waals surface area contributed by atoms with Crippen LogP contribution in [0.3, 0.4) is 0 Å². The Kier molecular flexibility index (Phi) is 4.47. The van der Waals surface area contributed by atoms with E-state index >= 15 is 0 Å². The van der Waals surface area contributed by atoms with Crippen LogP contribution in [0.4, 0.5) is 0 Å². The monoisotopic (exact) mass is 351 g/mol. The van der Waals surface area contributed by atoms with Gasteiger partial charge in [0, 0.05) is 37.2 Å². The van der Waals surface area contributed by atoms with Crippen LogP contribution in [0.5, 0.6) is 0 Å². The highest BCUT2D eigenvalue weighted by atomic mass is 16.2. The Bertz CT molecular complexity index is 886. The first-order valence-corrected chi connectivity index (χ1v) is 8.93. The molecule has 1 aliphatic heterocycles. The number of aromatic nitrogens is 6. The standard InChI is InChI=1S/C18H21N7O/c1-2-24-11-8-14(23-24)18(26)25-10-4-3-7-15(25)17-20-16(21-22-17)13-6-5-9-19-12-13/h5-6,8-9,11-12,15H,2-4,7,10H2,1H3,(H,20,21,22). The predicted octanol–water partition coefficient (Wildman–Crippen LogP) is 2.45. The fourth-order valence-corrected chi connectivity index (χ4v) is 3.31. The van der Waals surface area contributed by atoms with Crippen molar-refractivity contribution in [3.8, 4) is 11.4 Å². The van der Waals surface area contributed by atoms with E-state index in [2.05, 4.69) is 25.3 Å². The Hall–Kier alpha value is -3.03. The molecule has 1 amide bonds. The number of aryl methyl sites for hydroxylation is 1. The second-order valence-corrected chi connectivity index (χ2v) is 6.35. The number of nitrogens with one attached hydrogen (secondary N) is 1. The number of hydrogen-bond acceptors (Lipinski definition) is 5. The van der Waals surface area contributed by atoms with Crippen molar-refractivity contribution in [2.24, 2.45) is 0 Å². The normalized spacial score (nSPS) is 17.4. The maximum Gasteiger partial charge on any atom is 0.274 e. The van der Waals surface area contributed by atoms with Crippen LogP contribution < -0.4 is 0 Å². The number of pyridine rings is 1. The van der Waals surface area contributed by atoms with Crippen molar-refractivity contribution in [1.29, 1.82) is 0 Å². The van der Waals surface area contributed by atoms with Gasteiger partial charge in [-0.2, -0.15) is 10.2 Å². The van der Waals surface area contributed by atoms with Gasteiger partial charge in [0.15, 0.2) is 5.82 Å². The second kappa shape index (κ2) is 7.07. The number of rotatable bonds is 4. The fraction of sp³-hybridized carbons (Fsp3) is 0.389. The number of amides is 1.